The molecular weight excluding hydrogens is 534 g/mol. The Morgan fingerprint density at radius 3 is 2.56 bits per heavy atom. The van der Waals surface area contributed by atoms with E-state index in [0.717, 1.165) is 50.0 Å². The highest BCUT2D eigenvalue weighted by Gasteiger charge is 2.42. The van der Waals surface area contributed by atoms with Gasteiger partial charge in [0.1, 0.15) is 6.10 Å². The van der Waals surface area contributed by atoms with Crippen LogP contribution < -0.4 is 10.6 Å². The van der Waals surface area contributed by atoms with Crippen LogP contribution in [-0.2, 0) is 16.0 Å². The fourth-order valence-corrected chi connectivity index (χ4v) is 8.32. The second-order valence-corrected chi connectivity index (χ2v) is 14.9. The molecule has 3 aliphatic rings. The van der Waals surface area contributed by atoms with E-state index in [4.69, 9.17) is 4.74 Å². The Hall–Kier alpha value is -1.77. The molecule has 41 heavy (non-hydrogen) atoms. The van der Waals surface area contributed by atoms with E-state index in [1.54, 1.807) is 0 Å². The van der Waals surface area contributed by atoms with Gasteiger partial charge in [-0.25, -0.2) is 4.79 Å². The van der Waals surface area contributed by atoms with Crippen molar-refractivity contribution in [2.75, 3.05) is 18.8 Å². The van der Waals surface area contributed by atoms with Gasteiger partial charge in [-0.05, 0) is 76.0 Å². The predicted molar refractivity (Wildman–Crippen MR) is 167 cm³/mol. The molecule has 2 amide bonds. The number of ether oxygens (including phenoxy) is 1. The monoisotopic (exact) mass is 587 g/mol. The summed E-state index contributed by atoms with van der Waals surface area (Å²) in [7, 11) is 0. The first kappa shape index (κ1) is 32.2. The van der Waals surface area contributed by atoms with Gasteiger partial charge in [-0.3, -0.25) is 9.69 Å². The molecule has 2 aliphatic heterocycles. The van der Waals surface area contributed by atoms with Gasteiger partial charge in [0, 0.05) is 23.9 Å². The Kier molecular flexibility index (Phi) is 11.8. The molecule has 1 aliphatic carbocycles. The lowest BCUT2D eigenvalue weighted by molar-refractivity contribution is -0.132. The van der Waals surface area contributed by atoms with Crippen LogP contribution in [0.1, 0.15) is 91.0 Å². The molecule has 1 aromatic carbocycles. The maximum absolute atomic E-state index is 13.5. The Labute approximate surface area is 251 Å². The molecule has 7 atom stereocenters. The standard InChI is InChI=1S/C33H53N3O4S/c1-5-6-16-30-29(17-18-41-30)40-32(39)34-26(19-23-12-8-7-9-13-23)28(37)22-36-21-25-15-11-10-14-24(25)20-27(36)31(38)35-33(2,3)4/h7-9,12-13,24-30,37H,5-6,10-11,14-22H2,1-4H3,(H,34,39)(H,35,38)/t24-,25+,26-,27-,28+,29+,30+/m0/s1. The molecule has 0 radical (unpaired) electrons. The molecule has 2 saturated heterocycles. The predicted octanol–water partition coefficient (Wildman–Crippen LogP) is 5.54. The highest BCUT2D eigenvalue weighted by molar-refractivity contribution is 8.00. The lowest BCUT2D eigenvalue weighted by Gasteiger charge is -2.47. The Bertz CT molecular complexity index is 971. The lowest BCUT2D eigenvalue weighted by Crippen LogP contribution is -2.60. The summed E-state index contributed by atoms with van der Waals surface area (Å²) in [5, 5.41) is 18.3. The van der Waals surface area contributed by atoms with Gasteiger partial charge < -0.3 is 20.5 Å². The smallest absolute Gasteiger partial charge is 0.407 e. The number of amides is 2. The second-order valence-electron chi connectivity index (χ2n) is 13.5. The first-order valence-electron chi connectivity index (χ1n) is 16.0. The molecule has 3 N–H and O–H groups in total. The van der Waals surface area contributed by atoms with Gasteiger partial charge >= 0.3 is 6.09 Å². The van der Waals surface area contributed by atoms with E-state index < -0.39 is 18.2 Å². The van der Waals surface area contributed by atoms with Crippen molar-refractivity contribution in [3.8, 4) is 0 Å². The zero-order chi connectivity index (χ0) is 29.4. The minimum absolute atomic E-state index is 0.0394. The van der Waals surface area contributed by atoms with Gasteiger partial charge in [-0.15, -0.1) is 0 Å². The summed E-state index contributed by atoms with van der Waals surface area (Å²) in [5.74, 6) is 2.17. The van der Waals surface area contributed by atoms with E-state index in [1.165, 1.54) is 25.7 Å². The average Bonchev–Trinajstić information content (AvgIpc) is 3.37. The number of rotatable bonds is 11. The molecule has 0 aromatic heterocycles. The maximum Gasteiger partial charge on any atom is 0.407 e. The summed E-state index contributed by atoms with van der Waals surface area (Å²) in [6.07, 6.45) is 8.98. The normalized spacial score (nSPS) is 28.4. The molecule has 0 spiro atoms. The molecular formula is C33H53N3O4S. The highest BCUT2D eigenvalue weighted by atomic mass is 32.2. The van der Waals surface area contributed by atoms with Crippen LogP contribution in [0.15, 0.2) is 30.3 Å². The first-order chi connectivity index (χ1) is 19.6. The summed E-state index contributed by atoms with van der Waals surface area (Å²) < 4.78 is 5.95. The van der Waals surface area contributed by atoms with E-state index in [2.05, 4.69) is 22.5 Å². The number of aliphatic hydroxyl groups excluding tert-OH is 1. The van der Waals surface area contributed by atoms with Crippen LogP contribution >= 0.6 is 11.8 Å². The van der Waals surface area contributed by atoms with Crippen LogP contribution in [0.5, 0.6) is 0 Å². The number of unbranched alkanes of at least 4 members (excludes halogenated alkanes) is 1. The number of thioether (sulfide) groups is 1. The molecule has 2 heterocycles. The van der Waals surface area contributed by atoms with Crippen LogP contribution in [0, 0.1) is 11.8 Å². The van der Waals surface area contributed by atoms with Crippen molar-refractivity contribution < 1.29 is 19.4 Å². The molecule has 1 aromatic rings. The van der Waals surface area contributed by atoms with Crippen molar-refractivity contribution in [3.63, 3.8) is 0 Å². The van der Waals surface area contributed by atoms with E-state index in [9.17, 15) is 14.7 Å². The van der Waals surface area contributed by atoms with Crippen LogP contribution in [-0.4, -0.2) is 75.9 Å². The number of aliphatic hydroxyl groups is 1. The molecule has 1 saturated carbocycles. The van der Waals surface area contributed by atoms with Gasteiger partial charge in [0.25, 0.3) is 0 Å². The number of hydrogen-bond acceptors (Lipinski definition) is 6. The summed E-state index contributed by atoms with van der Waals surface area (Å²) in [6, 6.07) is 9.17. The number of alkyl carbamates (subject to hydrolysis) is 1. The molecule has 3 fully saturated rings. The zero-order valence-corrected chi connectivity index (χ0v) is 26.5. The summed E-state index contributed by atoms with van der Waals surface area (Å²) in [4.78, 5) is 28.9. The Morgan fingerprint density at radius 2 is 1.85 bits per heavy atom. The number of carbonyl (C=O) groups excluding carboxylic acids is 2. The van der Waals surface area contributed by atoms with Gasteiger partial charge in [-0.2, -0.15) is 11.8 Å². The maximum atomic E-state index is 13.5. The van der Waals surface area contributed by atoms with Crippen LogP contribution in [0.4, 0.5) is 4.79 Å². The number of carbonyl (C=O) groups is 2. The van der Waals surface area contributed by atoms with Crippen LogP contribution in [0.3, 0.4) is 0 Å². The van der Waals surface area contributed by atoms with Crippen molar-refractivity contribution >= 4 is 23.8 Å². The SMILES string of the molecule is CCCC[C@H]1SCC[C@H]1OC(=O)N[C@@H](Cc1ccccc1)[C@H](O)CN1C[C@H]2CCCC[C@H]2C[C@H]1C(=O)NC(C)(C)C. The third-order valence-corrected chi connectivity index (χ3v) is 10.5. The topological polar surface area (TPSA) is 90.9 Å². The number of β-amino-alcohol motifs (C(OH)–C–C–N with tert-alkyl or cyclic N) is 1. The van der Waals surface area contributed by atoms with Gasteiger partial charge in [-0.1, -0.05) is 69.4 Å². The molecule has 7 nitrogen and oxygen atoms in total. The quantitative estimate of drug-likeness (QED) is 0.315. The second kappa shape index (κ2) is 15.1. The third-order valence-electron chi connectivity index (χ3n) is 9.04. The molecule has 230 valence electrons. The Balaban J connectivity index is 1.46. The largest absolute Gasteiger partial charge is 0.445 e. The number of nitrogens with zero attached hydrogens (tertiary/aromatic N) is 1. The summed E-state index contributed by atoms with van der Waals surface area (Å²) in [5.41, 5.74) is 0.724. The fourth-order valence-electron chi connectivity index (χ4n) is 6.91. The molecule has 8 heteroatoms. The minimum atomic E-state index is -0.846. The average molecular weight is 588 g/mol. The van der Waals surface area contributed by atoms with Gasteiger partial charge in [0.2, 0.25) is 5.91 Å². The number of likely N-dealkylation sites (tertiary alicyclic amines) is 1. The first-order valence-corrected chi connectivity index (χ1v) is 17.0. The zero-order valence-electron chi connectivity index (χ0n) is 25.6. The third kappa shape index (κ3) is 9.62. The highest BCUT2D eigenvalue weighted by Crippen LogP contribution is 2.39. The fraction of sp³-hybridized carbons (Fsp3) is 0.758. The summed E-state index contributed by atoms with van der Waals surface area (Å²) in [6.45, 7) is 9.37. The van der Waals surface area contributed by atoms with E-state index in [-0.39, 0.29) is 23.6 Å². The van der Waals surface area contributed by atoms with Crippen molar-refractivity contribution in [2.24, 2.45) is 11.8 Å². The molecule has 0 bridgehead atoms. The van der Waals surface area contributed by atoms with Crippen molar-refractivity contribution in [3.05, 3.63) is 35.9 Å². The van der Waals surface area contributed by atoms with Crippen molar-refractivity contribution in [2.45, 2.75) is 127 Å². The number of benzene rings is 1. The van der Waals surface area contributed by atoms with Crippen LogP contribution in [0.2, 0.25) is 0 Å². The number of hydrogen-bond donors (Lipinski definition) is 3. The Morgan fingerprint density at radius 1 is 1.12 bits per heavy atom. The van der Waals surface area contributed by atoms with E-state index in [0.29, 0.717) is 30.1 Å². The number of fused-ring (bicyclic) bond motifs is 1. The minimum Gasteiger partial charge on any atom is -0.445 e. The van der Waals surface area contributed by atoms with Crippen molar-refractivity contribution in [1.29, 1.82) is 0 Å². The molecule has 4 rings (SSSR count). The van der Waals surface area contributed by atoms with Gasteiger partial charge in [0.15, 0.2) is 0 Å². The number of nitrogens with one attached hydrogen (secondary N) is 2. The molecule has 0 unspecified atom stereocenters. The van der Waals surface area contributed by atoms with E-state index >= 15 is 0 Å². The summed E-state index contributed by atoms with van der Waals surface area (Å²) >= 11 is 1.90. The number of piperidine rings is 1. The van der Waals surface area contributed by atoms with E-state index in [1.807, 2.05) is 62.9 Å². The van der Waals surface area contributed by atoms with Crippen molar-refractivity contribution in [1.82, 2.24) is 15.5 Å². The van der Waals surface area contributed by atoms with Gasteiger partial charge in [0.05, 0.1) is 18.2 Å². The van der Waals surface area contributed by atoms with Crippen LogP contribution in [0.25, 0.3) is 0 Å². The lowest BCUT2D eigenvalue weighted by atomic mass is 9.72.